The molecule has 1 heterocycles. The molecular weight excluding hydrogens is 328 g/mol. The number of hydrogen-bond donors (Lipinski definition) is 0. The van der Waals surface area contributed by atoms with Gasteiger partial charge < -0.3 is 4.42 Å². The highest BCUT2D eigenvalue weighted by Crippen LogP contribution is 2.22. The van der Waals surface area contributed by atoms with Crippen LogP contribution in [-0.2, 0) is 0 Å². The van der Waals surface area contributed by atoms with E-state index in [0.29, 0.717) is 5.92 Å². The topological polar surface area (TPSA) is 13.1 Å². The molecule has 0 saturated carbocycles. The third-order valence-corrected chi connectivity index (χ3v) is 6.02. The summed E-state index contributed by atoms with van der Waals surface area (Å²) in [5.41, 5.74) is 0. The van der Waals surface area contributed by atoms with Crippen molar-refractivity contribution in [3.05, 3.63) is 24.2 Å². The number of unbranched alkanes of at least 4 members (excludes halogenated alkanes) is 17. The Morgan fingerprint density at radius 1 is 0.630 bits per heavy atom. The zero-order valence-electron chi connectivity index (χ0n) is 18.7. The van der Waals surface area contributed by atoms with Gasteiger partial charge in [-0.2, -0.15) is 0 Å². The van der Waals surface area contributed by atoms with E-state index in [1.165, 1.54) is 122 Å². The second-order valence-corrected chi connectivity index (χ2v) is 8.72. The summed E-state index contributed by atoms with van der Waals surface area (Å²) in [6, 6.07) is 4.11. The highest BCUT2D eigenvalue weighted by molar-refractivity contribution is 5.03. The summed E-state index contributed by atoms with van der Waals surface area (Å²) in [6.07, 6.45) is 29.1. The second kappa shape index (κ2) is 18.6. The van der Waals surface area contributed by atoms with Crippen LogP contribution in [0.1, 0.15) is 148 Å². The Kier molecular flexibility index (Phi) is 16.8. The van der Waals surface area contributed by atoms with Crippen LogP contribution >= 0.6 is 0 Å². The summed E-state index contributed by atoms with van der Waals surface area (Å²) in [5.74, 6) is 1.74. The lowest BCUT2D eigenvalue weighted by Crippen LogP contribution is -1.91. The van der Waals surface area contributed by atoms with E-state index in [2.05, 4.69) is 19.9 Å². The zero-order chi connectivity index (χ0) is 19.4. The fraction of sp³-hybridized carbons (Fsp3) is 0.846. The molecule has 1 heteroatoms. The molecule has 0 aliphatic heterocycles. The van der Waals surface area contributed by atoms with Crippen molar-refractivity contribution >= 4 is 0 Å². The Hall–Kier alpha value is -0.720. The van der Waals surface area contributed by atoms with Crippen LogP contribution in [0.15, 0.2) is 22.8 Å². The third kappa shape index (κ3) is 14.9. The Bertz CT molecular complexity index is 381. The summed E-state index contributed by atoms with van der Waals surface area (Å²) >= 11 is 0. The molecule has 1 aromatic heterocycles. The maximum Gasteiger partial charge on any atom is 0.106 e. The van der Waals surface area contributed by atoms with Crippen molar-refractivity contribution in [2.75, 3.05) is 0 Å². The maximum absolute atomic E-state index is 5.48. The van der Waals surface area contributed by atoms with Crippen LogP contribution in [0.2, 0.25) is 0 Å². The van der Waals surface area contributed by atoms with Gasteiger partial charge in [0.15, 0.2) is 0 Å². The maximum atomic E-state index is 5.48. The third-order valence-electron chi connectivity index (χ3n) is 6.02. The lowest BCUT2D eigenvalue weighted by molar-refractivity contribution is 0.447. The van der Waals surface area contributed by atoms with Gasteiger partial charge in [-0.1, -0.05) is 129 Å². The molecule has 1 rings (SSSR count). The van der Waals surface area contributed by atoms with E-state index in [1.54, 1.807) is 6.26 Å². The SMILES string of the molecule is CCCCCCCCCCCCCCCCCCCCC(C)c1ccco1. The first-order valence-electron chi connectivity index (χ1n) is 12.4. The highest BCUT2D eigenvalue weighted by atomic mass is 16.3. The fourth-order valence-corrected chi connectivity index (χ4v) is 4.07. The van der Waals surface area contributed by atoms with Gasteiger partial charge in [-0.05, 0) is 18.6 Å². The van der Waals surface area contributed by atoms with Crippen LogP contribution in [-0.4, -0.2) is 0 Å². The van der Waals surface area contributed by atoms with Gasteiger partial charge in [0.05, 0.1) is 6.26 Å². The lowest BCUT2D eigenvalue weighted by Gasteiger charge is -2.08. The van der Waals surface area contributed by atoms with Crippen LogP contribution in [0, 0.1) is 0 Å². The van der Waals surface area contributed by atoms with E-state index in [0.717, 1.165) is 5.76 Å². The molecule has 158 valence electrons. The smallest absolute Gasteiger partial charge is 0.106 e. The van der Waals surface area contributed by atoms with E-state index >= 15 is 0 Å². The van der Waals surface area contributed by atoms with Crippen molar-refractivity contribution in [1.82, 2.24) is 0 Å². The summed E-state index contributed by atoms with van der Waals surface area (Å²) in [7, 11) is 0. The standard InChI is InChI=1S/C26H48O/c1-3-4-5-6-7-8-9-10-11-12-13-14-15-16-17-18-19-20-22-25(2)26-23-21-24-27-26/h21,23-25H,3-20,22H2,1-2H3. The molecule has 1 aromatic rings. The molecule has 1 nitrogen and oxygen atoms in total. The molecular formula is C26H48O. The second-order valence-electron chi connectivity index (χ2n) is 8.72. The molecule has 1 unspecified atom stereocenters. The molecule has 0 aliphatic carbocycles. The van der Waals surface area contributed by atoms with Gasteiger partial charge >= 0.3 is 0 Å². The van der Waals surface area contributed by atoms with E-state index in [9.17, 15) is 0 Å². The molecule has 1 atom stereocenters. The number of rotatable bonds is 20. The average molecular weight is 377 g/mol. The first-order chi connectivity index (χ1) is 13.3. The van der Waals surface area contributed by atoms with Gasteiger partial charge in [-0.3, -0.25) is 0 Å². The molecule has 0 N–H and O–H groups in total. The normalized spacial score (nSPS) is 12.5. The summed E-state index contributed by atoms with van der Waals surface area (Å²) in [4.78, 5) is 0. The Labute approximate surface area is 170 Å². The van der Waals surface area contributed by atoms with Gasteiger partial charge in [0.2, 0.25) is 0 Å². The van der Waals surface area contributed by atoms with Crippen LogP contribution in [0.4, 0.5) is 0 Å². The molecule has 0 fully saturated rings. The van der Waals surface area contributed by atoms with Gasteiger partial charge in [0.1, 0.15) is 5.76 Å². The van der Waals surface area contributed by atoms with Crippen molar-refractivity contribution in [1.29, 1.82) is 0 Å². The van der Waals surface area contributed by atoms with Gasteiger partial charge in [-0.15, -0.1) is 0 Å². The van der Waals surface area contributed by atoms with Crippen molar-refractivity contribution in [3.63, 3.8) is 0 Å². The quantitative estimate of drug-likeness (QED) is 0.206. The number of furan rings is 1. The predicted molar refractivity (Wildman–Crippen MR) is 121 cm³/mol. The monoisotopic (exact) mass is 376 g/mol. The minimum Gasteiger partial charge on any atom is -0.469 e. The van der Waals surface area contributed by atoms with Crippen LogP contribution in [0.25, 0.3) is 0 Å². The van der Waals surface area contributed by atoms with Crippen LogP contribution < -0.4 is 0 Å². The van der Waals surface area contributed by atoms with E-state index in [-0.39, 0.29) is 0 Å². The summed E-state index contributed by atoms with van der Waals surface area (Å²) in [5, 5.41) is 0. The Morgan fingerprint density at radius 2 is 1.04 bits per heavy atom. The average Bonchev–Trinajstić information content (AvgIpc) is 3.22. The van der Waals surface area contributed by atoms with Gasteiger partial charge in [0, 0.05) is 5.92 Å². The van der Waals surface area contributed by atoms with E-state index < -0.39 is 0 Å². The molecule has 0 radical (unpaired) electrons. The molecule has 0 aromatic carbocycles. The van der Waals surface area contributed by atoms with Crippen molar-refractivity contribution < 1.29 is 4.42 Å². The largest absolute Gasteiger partial charge is 0.469 e. The van der Waals surface area contributed by atoms with E-state index in [1.807, 2.05) is 6.07 Å². The molecule has 0 amide bonds. The lowest BCUT2D eigenvalue weighted by atomic mass is 9.99. The van der Waals surface area contributed by atoms with Crippen LogP contribution in [0.5, 0.6) is 0 Å². The molecule has 0 bridgehead atoms. The fourth-order valence-electron chi connectivity index (χ4n) is 4.07. The Balaban J connectivity index is 1.70. The van der Waals surface area contributed by atoms with Crippen LogP contribution in [0.3, 0.4) is 0 Å². The zero-order valence-corrected chi connectivity index (χ0v) is 18.7. The molecule has 0 saturated heterocycles. The minimum atomic E-state index is 0.584. The predicted octanol–water partition coefficient (Wildman–Crippen LogP) is 9.81. The first-order valence-corrected chi connectivity index (χ1v) is 12.4. The summed E-state index contributed by atoms with van der Waals surface area (Å²) < 4.78 is 5.48. The van der Waals surface area contributed by atoms with E-state index in [4.69, 9.17) is 4.42 Å². The molecule has 0 spiro atoms. The van der Waals surface area contributed by atoms with Gasteiger partial charge in [0.25, 0.3) is 0 Å². The Morgan fingerprint density at radius 3 is 1.41 bits per heavy atom. The van der Waals surface area contributed by atoms with Crippen molar-refractivity contribution in [2.24, 2.45) is 0 Å². The first kappa shape index (κ1) is 24.3. The number of hydrogen-bond acceptors (Lipinski definition) is 1. The highest BCUT2D eigenvalue weighted by Gasteiger charge is 2.07. The van der Waals surface area contributed by atoms with Crippen molar-refractivity contribution in [2.45, 2.75) is 142 Å². The molecule has 0 aliphatic rings. The molecule has 27 heavy (non-hydrogen) atoms. The van der Waals surface area contributed by atoms with Crippen molar-refractivity contribution in [3.8, 4) is 0 Å². The minimum absolute atomic E-state index is 0.584. The van der Waals surface area contributed by atoms with Gasteiger partial charge in [-0.25, -0.2) is 0 Å². The summed E-state index contributed by atoms with van der Waals surface area (Å²) in [6.45, 7) is 4.58.